The van der Waals surface area contributed by atoms with Gasteiger partial charge in [-0.05, 0) is 49.1 Å². The van der Waals surface area contributed by atoms with E-state index in [4.69, 9.17) is 5.73 Å². The molecule has 1 saturated carbocycles. The number of nitrogens with one attached hydrogen (secondary N) is 1. The van der Waals surface area contributed by atoms with Crippen LogP contribution in [0.1, 0.15) is 53.4 Å². The minimum absolute atomic E-state index is 0.285. The molecule has 0 aliphatic heterocycles. The number of hydrogen-bond donors (Lipinski definition) is 2. The molecule has 0 spiro atoms. The molecule has 16 heavy (non-hydrogen) atoms. The van der Waals surface area contributed by atoms with Gasteiger partial charge in [0.25, 0.3) is 0 Å². The lowest BCUT2D eigenvalue weighted by molar-refractivity contribution is 0.118. The first kappa shape index (κ1) is 14.0. The maximum absolute atomic E-state index is 5.73. The Labute approximate surface area is 101 Å². The maximum Gasteiger partial charge on any atom is 0.000517 e. The van der Waals surface area contributed by atoms with Crippen LogP contribution in [0.3, 0.4) is 0 Å². The summed E-state index contributed by atoms with van der Waals surface area (Å²) in [6.07, 6.45) is 5.48. The van der Waals surface area contributed by atoms with Crippen LogP contribution in [0.4, 0.5) is 0 Å². The van der Waals surface area contributed by atoms with E-state index < -0.39 is 0 Å². The van der Waals surface area contributed by atoms with Crippen molar-refractivity contribution in [3.63, 3.8) is 0 Å². The SMILES string of the molecule is CC(C)(CN)CCNCC(C)(C)C1CCC1. The Morgan fingerprint density at radius 1 is 1.19 bits per heavy atom. The lowest BCUT2D eigenvalue weighted by atomic mass is 9.67. The molecular weight excluding hydrogens is 196 g/mol. The van der Waals surface area contributed by atoms with Gasteiger partial charge < -0.3 is 11.1 Å². The number of rotatable bonds is 7. The topological polar surface area (TPSA) is 38.0 Å². The lowest BCUT2D eigenvalue weighted by Gasteiger charge is -2.40. The molecule has 96 valence electrons. The Kier molecular flexibility index (Phi) is 4.81. The zero-order valence-corrected chi connectivity index (χ0v) is 11.6. The minimum atomic E-state index is 0.285. The van der Waals surface area contributed by atoms with Crippen molar-refractivity contribution in [1.82, 2.24) is 5.32 Å². The maximum atomic E-state index is 5.73. The van der Waals surface area contributed by atoms with Crippen molar-refractivity contribution >= 4 is 0 Å². The molecule has 3 N–H and O–H groups in total. The Bertz CT molecular complexity index is 205. The molecule has 2 heteroatoms. The average molecular weight is 226 g/mol. The van der Waals surface area contributed by atoms with Crippen LogP contribution >= 0.6 is 0 Å². The van der Waals surface area contributed by atoms with Crippen LogP contribution in [0.5, 0.6) is 0 Å². The van der Waals surface area contributed by atoms with Gasteiger partial charge in [-0.2, -0.15) is 0 Å². The first-order chi connectivity index (χ1) is 7.37. The Morgan fingerprint density at radius 2 is 1.81 bits per heavy atom. The summed E-state index contributed by atoms with van der Waals surface area (Å²) in [5.74, 6) is 0.947. The van der Waals surface area contributed by atoms with Gasteiger partial charge in [-0.1, -0.05) is 34.1 Å². The van der Waals surface area contributed by atoms with Crippen molar-refractivity contribution in [3.05, 3.63) is 0 Å². The molecule has 0 unspecified atom stereocenters. The number of hydrogen-bond acceptors (Lipinski definition) is 2. The summed E-state index contributed by atoms with van der Waals surface area (Å²) in [7, 11) is 0. The molecule has 1 aliphatic carbocycles. The quantitative estimate of drug-likeness (QED) is 0.655. The molecule has 0 atom stereocenters. The van der Waals surface area contributed by atoms with Gasteiger partial charge in [-0.3, -0.25) is 0 Å². The van der Waals surface area contributed by atoms with Crippen molar-refractivity contribution < 1.29 is 0 Å². The highest BCUT2D eigenvalue weighted by atomic mass is 14.9. The third kappa shape index (κ3) is 4.06. The van der Waals surface area contributed by atoms with Crippen molar-refractivity contribution in [3.8, 4) is 0 Å². The van der Waals surface area contributed by atoms with Gasteiger partial charge in [-0.25, -0.2) is 0 Å². The van der Waals surface area contributed by atoms with E-state index in [2.05, 4.69) is 33.0 Å². The molecule has 0 amide bonds. The summed E-state index contributed by atoms with van der Waals surface area (Å²) < 4.78 is 0. The van der Waals surface area contributed by atoms with Crippen molar-refractivity contribution in [2.24, 2.45) is 22.5 Å². The second kappa shape index (κ2) is 5.50. The zero-order valence-electron chi connectivity index (χ0n) is 11.6. The summed E-state index contributed by atoms with van der Waals surface area (Å²) in [6, 6.07) is 0. The largest absolute Gasteiger partial charge is 0.330 e. The van der Waals surface area contributed by atoms with Gasteiger partial charge >= 0.3 is 0 Å². The normalized spacial score (nSPS) is 18.6. The summed E-state index contributed by atoms with van der Waals surface area (Å²) in [5.41, 5.74) is 6.49. The first-order valence-corrected chi connectivity index (χ1v) is 6.78. The second-order valence-corrected chi connectivity index (χ2v) is 6.91. The Morgan fingerprint density at radius 3 is 2.25 bits per heavy atom. The Hall–Kier alpha value is -0.0800. The first-order valence-electron chi connectivity index (χ1n) is 6.78. The van der Waals surface area contributed by atoms with Crippen LogP contribution in [0.15, 0.2) is 0 Å². The van der Waals surface area contributed by atoms with Crippen molar-refractivity contribution in [2.45, 2.75) is 53.4 Å². The van der Waals surface area contributed by atoms with E-state index >= 15 is 0 Å². The van der Waals surface area contributed by atoms with Gasteiger partial charge in [0.2, 0.25) is 0 Å². The zero-order chi connectivity index (χ0) is 12.2. The fourth-order valence-electron chi connectivity index (χ4n) is 2.27. The van der Waals surface area contributed by atoms with Crippen LogP contribution in [-0.4, -0.2) is 19.6 Å². The second-order valence-electron chi connectivity index (χ2n) is 6.91. The van der Waals surface area contributed by atoms with E-state index in [0.717, 1.165) is 25.6 Å². The van der Waals surface area contributed by atoms with Gasteiger partial charge in [0.1, 0.15) is 0 Å². The molecule has 0 saturated heterocycles. The number of nitrogens with two attached hydrogens (primary N) is 1. The predicted molar refractivity (Wildman–Crippen MR) is 71.4 cm³/mol. The fraction of sp³-hybridized carbons (Fsp3) is 1.00. The van der Waals surface area contributed by atoms with Crippen molar-refractivity contribution in [1.29, 1.82) is 0 Å². The monoisotopic (exact) mass is 226 g/mol. The fourth-order valence-corrected chi connectivity index (χ4v) is 2.27. The Balaban J connectivity index is 2.14. The molecule has 0 aromatic heterocycles. The van der Waals surface area contributed by atoms with Crippen LogP contribution in [0, 0.1) is 16.7 Å². The lowest BCUT2D eigenvalue weighted by Crippen LogP contribution is -2.40. The molecule has 0 bridgehead atoms. The van der Waals surface area contributed by atoms with Crippen molar-refractivity contribution in [2.75, 3.05) is 19.6 Å². The highest BCUT2D eigenvalue weighted by molar-refractivity contribution is 4.86. The van der Waals surface area contributed by atoms with E-state index in [9.17, 15) is 0 Å². The molecule has 0 radical (unpaired) electrons. The molecule has 0 aromatic rings. The third-order valence-electron chi connectivity index (χ3n) is 4.32. The average Bonchev–Trinajstić information content (AvgIpc) is 2.09. The molecule has 2 nitrogen and oxygen atoms in total. The summed E-state index contributed by atoms with van der Waals surface area (Å²) >= 11 is 0. The standard InChI is InChI=1S/C14H30N2/c1-13(2,10-15)8-9-16-11-14(3,4)12-6-5-7-12/h12,16H,5-11,15H2,1-4H3. The summed E-state index contributed by atoms with van der Waals surface area (Å²) in [5, 5.41) is 3.61. The summed E-state index contributed by atoms with van der Waals surface area (Å²) in [6.45, 7) is 12.3. The third-order valence-corrected chi connectivity index (χ3v) is 4.32. The van der Waals surface area contributed by atoms with Crippen LogP contribution in [0.25, 0.3) is 0 Å². The molecule has 1 fully saturated rings. The van der Waals surface area contributed by atoms with Crippen LogP contribution in [-0.2, 0) is 0 Å². The van der Waals surface area contributed by atoms with E-state index in [1.54, 1.807) is 0 Å². The predicted octanol–water partition coefficient (Wildman–Crippen LogP) is 2.78. The van der Waals surface area contributed by atoms with Crippen LogP contribution in [0.2, 0.25) is 0 Å². The molecular formula is C14H30N2. The minimum Gasteiger partial charge on any atom is -0.330 e. The van der Waals surface area contributed by atoms with Gasteiger partial charge in [0, 0.05) is 6.54 Å². The van der Waals surface area contributed by atoms with E-state index in [1.807, 2.05) is 0 Å². The van der Waals surface area contributed by atoms with E-state index in [-0.39, 0.29) is 5.41 Å². The van der Waals surface area contributed by atoms with Gasteiger partial charge in [-0.15, -0.1) is 0 Å². The molecule has 1 rings (SSSR count). The molecule has 0 heterocycles. The highest BCUT2D eigenvalue weighted by Gasteiger charge is 2.33. The highest BCUT2D eigenvalue weighted by Crippen LogP contribution is 2.41. The smallest absolute Gasteiger partial charge is 0.000517 e. The molecule has 1 aliphatic rings. The molecule has 0 aromatic carbocycles. The van der Waals surface area contributed by atoms with Crippen LogP contribution < -0.4 is 11.1 Å². The van der Waals surface area contributed by atoms with E-state index in [1.165, 1.54) is 25.7 Å². The summed E-state index contributed by atoms with van der Waals surface area (Å²) in [4.78, 5) is 0. The van der Waals surface area contributed by atoms with Gasteiger partial charge in [0.05, 0.1) is 0 Å². The van der Waals surface area contributed by atoms with Gasteiger partial charge in [0.15, 0.2) is 0 Å². The van der Waals surface area contributed by atoms with E-state index in [0.29, 0.717) is 5.41 Å².